The van der Waals surface area contributed by atoms with Crippen LogP contribution < -0.4 is 0 Å². The molecule has 4 nitrogen and oxygen atoms in total. The third-order valence-corrected chi connectivity index (χ3v) is 2.39. The third kappa shape index (κ3) is 2.59. The first-order valence-corrected chi connectivity index (χ1v) is 5.17. The predicted octanol–water partition coefficient (Wildman–Crippen LogP) is 3.37. The van der Waals surface area contributed by atoms with Crippen LogP contribution in [-0.4, -0.2) is 16.1 Å². The van der Waals surface area contributed by atoms with Crippen molar-refractivity contribution < 1.29 is 27.5 Å². The SMILES string of the molecule is Cc1nc(C(=O)O)c(-c2cccc(C(F)(F)F)c2)o1. The van der Waals surface area contributed by atoms with E-state index in [0.29, 0.717) is 0 Å². The number of nitrogens with zero attached hydrogens (tertiary/aromatic N) is 1. The number of carboxylic acid groups (broad SMARTS) is 1. The summed E-state index contributed by atoms with van der Waals surface area (Å²) >= 11 is 0. The van der Waals surface area contributed by atoms with Gasteiger partial charge in [0, 0.05) is 12.5 Å². The number of aromatic nitrogens is 1. The molecule has 1 aromatic carbocycles. The van der Waals surface area contributed by atoms with Gasteiger partial charge in [0.2, 0.25) is 0 Å². The highest BCUT2D eigenvalue weighted by Crippen LogP contribution is 2.33. The Balaban J connectivity index is 2.57. The Kier molecular flexibility index (Phi) is 3.05. The standard InChI is InChI=1S/C12H8F3NO3/c1-6-16-9(11(17)18)10(19-6)7-3-2-4-8(5-7)12(13,14)15/h2-5H,1H3,(H,17,18). The number of rotatable bonds is 2. The number of oxazole rings is 1. The van der Waals surface area contributed by atoms with Crippen LogP contribution in [0.4, 0.5) is 13.2 Å². The van der Waals surface area contributed by atoms with Crippen LogP contribution in [0.15, 0.2) is 28.7 Å². The second-order valence-electron chi connectivity index (χ2n) is 3.79. The van der Waals surface area contributed by atoms with Crippen LogP contribution in [0.25, 0.3) is 11.3 Å². The summed E-state index contributed by atoms with van der Waals surface area (Å²) in [4.78, 5) is 14.6. The molecule has 2 aromatic rings. The maximum Gasteiger partial charge on any atom is 0.416 e. The number of carboxylic acids is 1. The number of hydrogen-bond donors (Lipinski definition) is 1. The zero-order valence-electron chi connectivity index (χ0n) is 9.65. The summed E-state index contributed by atoms with van der Waals surface area (Å²) in [7, 11) is 0. The maximum absolute atomic E-state index is 12.6. The number of aromatic carboxylic acids is 1. The van der Waals surface area contributed by atoms with E-state index in [4.69, 9.17) is 9.52 Å². The first-order valence-electron chi connectivity index (χ1n) is 5.17. The fraction of sp³-hybridized carbons (Fsp3) is 0.167. The van der Waals surface area contributed by atoms with Gasteiger partial charge in [0.05, 0.1) is 5.56 Å². The zero-order chi connectivity index (χ0) is 14.2. The van der Waals surface area contributed by atoms with E-state index in [1.165, 1.54) is 19.1 Å². The van der Waals surface area contributed by atoms with Crippen LogP contribution >= 0.6 is 0 Å². The summed E-state index contributed by atoms with van der Waals surface area (Å²) in [5.41, 5.74) is -1.26. The Morgan fingerprint density at radius 3 is 2.63 bits per heavy atom. The smallest absolute Gasteiger partial charge is 0.416 e. The largest absolute Gasteiger partial charge is 0.476 e. The lowest BCUT2D eigenvalue weighted by Crippen LogP contribution is -2.05. The molecule has 0 fully saturated rings. The number of halogens is 3. The highest BCUT2D eigenvalue weighted by Gasteiger charge is 2.31. The molecule has 0 aliphatic carbocycles. The summed E-state index contributed by atoms with van der Waals surface area (Å²) < 4.78 is 42.8. The van der Waals surface area contributed by atoms with E-state index < -0.39 is 23.4 Å². The van der Waals surface area contributed by atoms with Crippen molar-refractivity contribution in [1.29, 1.82) is 0 Å². The van der Waals surface area contributed by atoms with Gasteiger partial charge in [-0.05, 0) is 12.1 Å². The Bertz CT molecular complexity index is 631. The van der Waals surface area contributed by atoms with Gasteiger partial charge < -0.3 is 9.52 Å². The monoisotopic (exact) mass is 271 g/mol. The minimum absolute atomic E-state index is 0.0211. The molecule has 100 valence electrons. The van der Waals surface area contributed by atoms with Crippen LogP contribution in [0.1, 0.15) is 21.9 Å². The molecule has 0 spiro atoms. The van der Waals surface area contributed by atoms with Gasteiger partial charge in [0.15, 0.2) is 17.3 Å². The molecule has 19 heavy (non-hydrogen) atoms. The maximum atomic E-state index is 12.6. The summed E-state index contributed by atoms with van der Waals surface area (Å²) in [5.74, 6) is -1.47. The van der Waals surface area contributed by atoms with E-state index in [2.05, 4.69) is 4.98 Å². The molecular weight excluding hydrogens is 263 g/mol. The van der Waals surface area contributed by atoms with Crippen molar-refractivity contribution in [3.8, 4) is 11.3 Å². The second kappa shape index (κ2) is 4.42. The molecule has 0 saturated carbocycles. The topological polar surface area (TPSA) is 63.3 Å². The van der Waals surface area contributed by atoms with Gasteiger partial charge in [-0.1, -0.05) is 12.1 Å². The van der Waals surface area contributed by atoms with Gasteiger partial charge in [0.25, 0.3) is 0 Å². The van der Waals surface area contributed by atoms with E-state index in [0.717, 1.165) is 12.1 Å². The first-order chi connectivity index (χ1) is 8.79. The van der Waals surface area contributed by atoms with Crippen molar-refractivity contribution in [3.63, 3.8) is 0 Å². The van der Waals surface area contributed by atoms with Crippen molar-refractivity contribution in [2.45, 2.75) is 13.1 Å². The lowest BCUT2D eigenvalue weighted by Gasteiger charge is -2.07. The summed E-state index contributed by atoms with van der Waals surface area (Å²) in [6, 6.07) is 4.24. The quantitative estimate of drug-likeness (QED) is 0.909. The summed E-state index contributed by atoms with van der Waals surface area (Å²) in [6.07, 6.45) is -4.51. The molecule has 0 atom stereocenters. The van der Waals surface area contributed by atoms with Crippen molar-refractivity contribution in [1.82, 2.24) is 4.98 Å². The van der Waals surface area contributed by atoms with Gasteiger partial charge in [-0.25, -0.2) is 9.78 Å². The van der Waals surface area contributed by atoms with Crippen LogP contribution in [0, 0.1) is 6.92 Å². The van der Waals surface area contributed by atoms with Gasteiger partial charge in [-0.2, -0.15) is 13.2 Å². The number of alkyl halides is 3. The van der Waals surface area contributed by atoms with Gasteiger partial charge in [-0.15, -0.1) is 0 Å². The van der Waals surface area contributed by atoms with Crippen molar-refractivity contribution >= 4 is 5.97 Å². The van der Waals surface area contributed by atoms with Crippen LogP contribution in [-0.2, 0) is 6.18 Å². The van der Waals surface area contributed by atoms with E-state index in [9.17, 15) is 18.0 Å². The Labute approximate surface area is 105 Å². The molecule has 0 saturated heterocycles. The average molecular weight is 271 g/mol. The predicted molar refractivity (Wildman–Crippen MR) is 58.6 cm³/mol. The fourth-order valence-electron chi connectivity index (χ4n) is 1.60. The molecular formula is C12H8F3NO3. The summed E-state index contributed by atoms with van der Waals surface area (Å²) in [6.45, 7) is 1.42. The fourth-order valence-corrected chi connectivity index (χ4v) is 1.60. The van der Waals surface area contributed by atoms with Gasteiger partial charge in [0.1, 0.15) is 0 Å². The highest BCUT2D eigenvalue weighted by molar-refractivity contribution is 5.92. The van der Waals surface area contributed by atoms with E-state index >= 15 is 0 Å². The number of aryl methyl sites for hydroxylation is 1. The molecule has 0 aliphatic heterocycles. The molecule has 1 aromatic heterocycles. The number of benzene rings is 1. The lowest BCUT2D eigenvalue weighted by atomic mass is 10.1. The normalized spacial score (nSPS) is 11.6. The highest BCUT2D eigenvalue weighted by atomic mass is 19.4. The Morgan fingerprint density at radius 2 is 2.05 bits per heavy atom. The van der Waals surface area contributed by atoms with E-state index in [1.54, 1.807) is 0 Å². The third-order valence-electron chi connectivity index (χ3n) is 2.39. The minimum atomic E-state index is -4.51. The molecule has 0 bridgehead atoms. The summed E-state index contributed by atoms with van der Waals surface area (Å²) in [5, 5.41) is 8.92. The van der Waals surface area contributed by atoms with Crippen molar-refractivity contribution in [3.05, 3.63) is 41.4 Å². The minimum Gasteiger partial charge on any atom is -0.476 e. The molecule has 0 aliphatic rings. The molecule has 0 amide bonds. The number of carbonyl (C=O) groups is 1. The van der Waals surface area contributed by atoms with Crippen molar-refractivity contribution in [2.24, 2.45) is 0 Å². The van der Waals surface area contributed by atoms with Gasteiger partial charge in [-0.3, -0.25) is 0 Å². The molecule has 1 N–H and O–H groups in total. The lowest BCUT2D eigenvalue weighted by molar-refractivity contribution is -0.137. The molecule has 2 rings (SSSR count). The molecule has 0 unspecified atom stereocenters. The van der Waals surface area contributed by atoms with E-state index in [1.807, 2.05) is 0 Å². The van der Waals surface area contributed by atoms with Crippen LogP contribution in [0.2, 0.25) is 0 Å². The first kappa shape index (κ1) is 13.1. The second-order valence-corrected chi connectivity index (χ2v) is 3.79. The van der Waals surface area contributed by atoms with Crippen LogP contribution in [0.3, 0.4) is 0 Å². The van der Waals surface area contributed by atoms with Crippen LogP contribution in [0.5, 0.6) is 0 Å². The van der Waals surface area contributed by atoms with Gasteiger partial charge >= 0.3 is 12.1 Å². The Morgan fingerprint density at radius 1 is 1.37 bits per heavy atom. The van der Waals surface area contributed by atoms with E-state index in [-0.39, 0.29) is 17.2 Å². The molecule has 1 heterocycles. The number of hydrogen-bond acceptors (Lipinski definition) is 3. The van der Waals surface area contributed by atoms with Crippen molar-refractivity contribution in [2.75, 3.05) is 0 Å². The Hall–Kier alpha value is -2.31. The average Bonchev–Trinajstić information content (AvgIpc) is 2.71. The zero-order valence-corrected chi connectivity index (χ0v) is 9.65. The molecule has 7 heteroatoms. The molecule has 0 radical (unpaired) electrons.